The molecule has 0 aromatic carbocycles. The van der Waals surface area contributed by atoms with Crippen LogP contribution in [0, 0.1) is 0 Å². The number of piperidine rings is 1. The van der Waals surface area contributed by atoms with E-state index in [0.717, 1.165) is 32.5 Å². The first-order valence-electron chi connectivity index (χ1n) is 5.93. The van der Waals surface area contributed by atoms with Crippen LogP contribution in [0.25, 0.3) is 0 Å². The fourth-order valence-corrected chi connectivity index (χ4v) is 2.06. The molecule has 1 N–H and O–H groups in total. The number of rotatable bonds is 1. The molecule has 1 amide bonds. The predicted octanol–water partition coefficient (Wildman–Crippen LogP) is 1.61. The SMILES string of the molecule is CC.CCN1CCC2(CC1)CNC(=O)O2. The second kappa shape index (κ2) is 5.35. The van der Waals surface area contributed by atoms with Crippen LogP contribution in [-0.2, 0) is 4.74 Å². The first kappa shape index (κ1) is 12.3. The minimum absolute atomic E-state index is 0.178. The number of nitrogens with one attached hydrogen (secondary N) is 1. The maximum atomic E-state index is 10.9. The van der Waals surface area contributed by atoms with Crippen LogP contribution in [-0.4, -0.2) is 42.8 Å². The quantitative estimate of drug-likeness (QED) is 0.721. The van der Waals surface area contributed by atoms with Gasteiger partial charge in [-0.25, -0.2) is 4.79 Å². The molecule has 0 bridgehead atoms. The van der Waals surface area contributed by atoms with Crippen molar-refractivity contribution in [3.05, 3.63) is 0 Å². The van der Waals surface area contributed by atoms with Gasteiger partial charge in [0.25, 0.3) is 0 Å². The lowest BCUT2D eigenvalue weighted by atomic mass is 9.92. The van der Waals surface area contributed by atoms with Gasteiger partial charge in [0.15, 0.2) is 0 Å². The summed E-state index contributed by atoms with van der Waals surface area (Å²) >= 11 is 0. The third kappa shape index (κ3) is 2.84. The van der Waals surface area contributed by atoms with E-state index in [0.29, 0.717) is 6.54 Å². The molecule has 0 aromatic heterocycles. The molecule has 0 radical (unpaired) electrons. The Balaban J connectivity index is 0.000000531. The standard InChI is InChI=1S/C9H16N2O2.C2H6/c1-2-11-5-3-9(4-6-11)7-10-8(12)13-9;1-2/h2-7H2,1H3,(H,10,12);1-2H3. The summed E-state index contributed by atoms with van der Waals surface area (Å²) in [5.74, 6) is 0. The maximum Gasteiger partial charge on any atom is 0.407 e. The normalized spacial score (nSPS) is 24.1. The van der Waals surface area contributed by atoms with Gasteiger partial charge in [0.1, 0.15) is 5.60 Å². The molecule has 2 saturated heterocycles. The highest BCUT2D eigenvalue weighted by Crippen LogP contribution is 2.28. The van der Waals surface area contributed by atoms with Gasteiger partial charge in [-0.2, -0.15) is 0 Å². The number of carbonyl (C=O) groups is 1. The molecule has 0 unspecified atom stereocenters. The highest BCUT2D eigenvalue weighted by molar-refractivity contribution is 5.70. The van der Waals surface area contributed by atoms with Gasteiger partial charge in [-0.3, -0.25) is 0 Å². The van der Waals surface area contributed by atoms with Gasteiger partial charge >= 0.3 is 6.09 Å². The number of alkyl carbamates (subject to hydrolysis) is 1. The first-order chi connectivity index (χ1) is 7.24. The van der Waals surface area contributed by atoms with E-state index in [9.17, 15) is 4.79 Å². The fraction of sp³-hybridized carbons (Fsp3) is 0.909. The van der Waals surface area contributed by atoms with E-state index in [1.165, 1.54) is 0 Å². The van der Waals surface area contributed by atoms with Gasteiger partial charge in [0.05, 0.1) is 6.54 Å². The summed E-state index contributed by atoms with van der Waals surface area (Å²) in [6, 6.07) is 0. The Hall–Kier alpha value is -0.770. The van der Waals surface area contributed by atoms with E-state index in [1.807, 2.05) is 13.8 Å². The van der Waals surface area contributed by atoms with Crippen LogP contribution >= 0.6 is 0 Å². The minimum atomic E-state index is -0.245. The van der Waals surface area contributed by atoms with Gasteiger partial charge in [-0.1, -0.05) is 20.8 Å². The highest BCUT2D eigenvalue weighted by Gasteiger charge is 2.42. The van der Waals surface area contributed by atoms with Crippen LogP contribution < -0.4 is 5.32 Å². The van der Waals surface area contributed by atoms with Crippen molar-refractivity contribution < 1.29 is 9.53 Å². The van der Waals surface area contributed by atoms with Crippen molar-refractivity contribution in [2.45, 2.75) is 39.2 Å². The van der Waals surface area contributed by atoms with Crippen molar-refractivity contribution >= 4 is 6.09 Å². The zero-order valence-electron chi connectivity index (χ0n) is 10.0. The second-order valence-electron chi connectivity index (χ2n) is 3.86. The molecule has 4 heteroatoms. The van der Waals surface area contributed by atoms with E-state index >= 15 is 0 Å². The molecule has 2 aliphatic heterocycles. The average Bonchev–Trinajstić information content (AvgIpc) is 2.64. The summed E-state index contributed by atoms with van der Waals surface area (Å²) in [5.41, 5.74) is -0.178. The summed E-state index contributed by atoms with van der Waals surface area (Å²) in [6.07, 6.45) is 1.70. The van der Waals surface area contributed by atoms with Crippen LogP contribution in [0.5, 0.6) is 0 Å². The lowest BCUT2D eigenvalue weighted by molar-refractivity contribution is 0.00218. The van der Waals surface area contributed by atoms with Crippen molar-refractivity contribution in [3.8, 4) is 0 Å². The number of nitrogens with zero attached hydrogens (tertiary/aromatic N) is 1. The number of amides is 1. The van der Waals surface area contributed by atoms with Crippen LogP contribution in [0.2, 0.25) is 0 Å². The molecular formula is C11H22N2O2. The molecule has 2 rings (SSSR count). The molecule has 2 aliphatic rings. The van der Waals surface area contributed by atoms with Crippen molar-refractivity contribution in [3.63, 3.8) is 0 Å². The van der Waals surface area contributed by atoms with Gasteiger partial charge in [0.2, 0.25) is 0 Å². The smallest absolute Gasteiger partial charge is 0.407 e. The van der Waals surface area contributed by atoms with E-state index < -0.39 is 0 Å². The molecule has 2 heterocycles. The topological polar surface area (TPSA) is 41.6 Å². The third-order valence-corrected chi connectivity index (χ3v) is 3.08. The number of hydrogen-bond donors (Lipinski definition) is 1. The Kier molecular flexibility index (Phi) is 4.39. The zero-order chi connectivity index (χ0) is 11.3. The highest BCUT2D eigenvalue weighted by atomic mass is 16.6. The maximum absolute atomic E-state index is 10.9. The van der Waals surface area contributed by atoms with E-state index in [1.54, 1.807) is 0 Å². The number of hydrogen-bond acceptors (Lipinski definition) is 3. The Morgan fingerprint density at radius 2 is 2.00 bits per heavy atom. The molecule has 0 saturated carbocycles. The van der Waals surface area contributed by atoms with Crippen molar-refractivity contribution in [1.82, 2.24) is 10.2 Å². The Bertz CT molecular complexity index is 211. The van der Waals surface area contributed by atoms with Gasteiger partial charge < -0.3 is 15.0 Å². The van der Waals surface area contributed by atoms with Crippen LogP contribution in [0.3, 0.4) is 0 Å². The second-order valence-corrected chi connectivity index (χ2v) is 3.86. The molecule has 0 atom stereocenters. The van der Waals surface area contributed by atoms with Gasteiger partial charge in [-0.15, -0.1) is 0 Å². The zero-order valence-corrected chi connectivity index (χ0v) is 10.0. The summed E-state index contributed by atoms with van der Waals surface area (Å²) in [7, 11) is 0. The third-order valence-electron chi connectivity index (χ3n) is 3.08. The summed E-state index contributed by atoms with van der Waals surface area (Å²) in [6.45, 7) is 10.1. The molecule has 2 fully saturated rings. The van der Waals surface area contributed by atoms with Gasteiger partial charge in [-0.05, 0) is 6.54 Å². The molecule has 15 heavy (non-hydrogen) atoms. The van der Waals surface area contributed by atoms with Crippen molar-refractivity contribution in [2.24, 2.45) is 0 Å². The van der Waals surface area contributed by atoms with Crippen LogP contribution in [0.1, 0.15) is 33.6 Å². The minimum Gasteiger partial charge on any atom is -0.441 e. The largest absolute Gasteiger partial charge is 0.441 e. The van der Waals surface area contributed by atoms with Crippen molar-refractivity contribution in [2.75, 3.05) is 26.2 Å². The number of ether oxygens (including phenoxy) is 1. The monoisotopic (exact) mass is 214 g/mol. The molecule has 4 nitrogen and oxygen atoms in total. The van der Waals surface area contributed by atoms with Gasteiger partial charge in [0, 0.05) is 25.9 Å². The molecule has 0 aromatic rings. The summed E-state index contributed by atoms with van der Waals surface area (Å²) in [5, 5.41) is 2.73. The number of likely N-dealkylation sites (tertiary alicyclic amines) is 1. The first-order valence-corrected chi connectivity index (χ1v) is 5.93. The van der Waals surface area contributed by atoms with Crippen LogP contribution in [0.15, 0.2) is 0 Å². The molecule has 0 aliphatic carbocycles. The fourth-order valence-electron chi connectivity index (χ4n) is 2.06. The summed E-state index contributed by atoms with van der Waals surface area (Å²) < 4.78 is 5.31. The molecule has 1 spiro atoms. The Labute approximate surface area is 92.0 Å². The van der Waals surface area contributed by atoms with E-state index in [4.69, 9.17) is 4.74 Å². The van der Waals surface area contributed by atoms with E-state index in [-0.39, 0.29) is 11.7 Å². The van der Waals surface area contributed by atoms with E-state index in [2.05, 4.69) is 17.1 Å². The lowest BCUT2D eigenvalue weighted by Gasteiger charge is -2.36. The Morgan fingerprint density at radius 3 is 2.40 bits per heavy atom. The summed E-state index contributed by atoms with van der Waals surface area (Å²) in [4.78, 5) is 13.3. The Morgan fingerprint density at radius 1 is 1.40 bits per heavy atom. The average molecular weight is 214 g/mol. The molecular weight excluding hydrogens is 192 g/mol. The number of carbonyl (C=O) groups excluding carboxylic acids is 1. The van der Waals surface area contributed by atoms with Crippen LogP contribution in [0.4, 0.5) is 4.79 Å². The lowest BCUT2D eigenvalue weighted by Crippen LogP contribution is -2.46. The predicted molar refractivity (Wildman–Crippen MR) is 59.9 cm³/mol. The molecule has 88 valence electrons. The van der Waals surface area contributed by atoms with Crippen molar-refractivity contribution in [1.29, 1.82) is 0 Å².